The Bertz CT molecular complexity index is 491. The molecule has 2 rings (SSSR count). The largest absolute Gasteiger partial charge is 0.389 e. The molecule has 0 bridgehead atoms. The van der Waals surface area contributed by atoms with Gasteiger partial charge in [-0.25, -0.2) is 0 Å². The molecule has 20 heavy (non-hydrogen) atoms. The number of likely N-dealkylation sites (N-methyl/N-ethyl adjacent to an activating group) is 1. The predicted octanol–water partition coefficient (Wildman–Crippen LogP) is 2.61. The Hall–Kier alpha value is -1.07. The Labute approximate surface area is 128 Å². The Morgan fingerprint density at radius 3 is 2.85 bits per heavy atom. The summed E-state index contributed by atoms with van der Waals surface area (Å²) in [5.41, 5.74) is 1.89. The van der Waals surface area contributed by atoms with E-state index in [2.05, 4.69) is 26.1 Å². The van der Waals surface area contributed by atoms with Crippen LogP contribution in [0.3, 0.4) is 0 Å². The topological polar surface area (TPSA) is 52.6 Å². The van der Waals surface area contributed by atoms with E-state index in [-0.39, 0.29) is 11.9 Å². The third-order valence-electron chi connectivity index (χ3n) is 3.82. The minimum Gasteiger partial charge on any atom is -0.389 e. The van der Waals surface area contributed by atoms with Gasteiger partial charge in [-0.1, -0.05) is 6.07 Å². The summed E-state index contributed by atoms with van der Waals surface area (Å²) < 4.78 is 0.923. The van der Waals surface area contributed by atoms with Gasteiger partial charge in [0.2, 0.25) is 5.91 Å². The Balaban J connectivity index is 2.30. The highest BCUT2D eigenvalue weighted by Crippen LogP contribution is 2.33. The Morgan fingerprint density at radius 2 is 2.25 bits per heavy atom. The molecule has 0 aromatic heterocycles. The molecule has 1 heterocycles. The zero-order valence-corrected chi connectivity index (χ0v) is 13.5. The van der Waals surface area contributed by atoms with Gasteiger partial charge in [0.15, 0.2) is 0 Å². The summed E-state index contributed by atoms with van der Waals surface area (Å²) in [5.74, 6) is 0.0659. The highest BCUT2D eigenvalue weighted by Gasteiger charge is 2.29. The van der Waals surface area contributed by atoms with Crippen LogP contribution >= 0.6 is 15.9 Å². The van der Waals surface area contributed by atoms with Crippen LogP contribution in [0.1, 0.15) is 37.9 Å². The minimum atomic E-state index is -0.489. The lowest BCUT2D eigenvalue weighted by Crippen LogP contribution is -2.49. The second-order valence-electron chi connectivity index (χ2n) is 5.21. The van der Waals surface area contributed by atoms with Gasteiger partial charge >= 0.3 is 0 Å². The van der Waals surface area contributed by atoms with Crippen molar-refractivity contribution in [2.75, 3.05) is 18.5 Å². The van der Waals surface area contributed by atoms with Gasteiger partial charge in [-0.15, -0.1) is 0 Å². The van der Waals surface area contributed by atoms with E-state index in [1.54, 1.807) is 14.0 Å². The van der Waals surface area contributed by atoms with Gasteiger partial charge in [0.05, 0.1) is 11.8 Å². The molecule has 1 aliphatic rings. The summed E-state index contributed by atoms with van der Waals surface area (Å²) >= 11 is 3.57. The number of amides is 1. The van der Waals surface area contributed by atoms with Crippen molar-refractivity contribution < 1.29 is 9.90 Å². The SMILES string of the molecule is CNC(=O)C1CCCCN1c1ccc([C@H](C)O)cc1Br. The van der Waals surface area contributed by atoms with Gasteiger partial charge in [0, 0.05) is 18.1 Å². The molecule has 0 spiro atoms. The fourth-order valence-electron chi connectivity index (χ4n) is 2.68. The van der Waals surface area contributed by atoms with E-state index in [4.69, 9.17) is 0 Å². The number of rotatable bonds is 3. The third kappa shape index (κ3) is 3.15. The number of nitrogens with zero attached hydrogens (tertiary/aromatic N) is 1. The molecule has 1 aromatic rings. The molecule has 1 aliphatic heterocycles. The minimum absolute atomic E-state index is 0.0659. The fourth-order valence-corrected chi connectivity index (χ4v) is 3.30. The van der Waals surface area contributed by atoms with Crippen molar-refractivity contribution in [1.82, 2.24) is 5.32 Å². The van der Waals surface area contributed by atoms with Crippen LogP contribution in [0.25, 0.3) is 0 Å². The second kappa shape index (κ2) is 6.59. The zero-order chi connectivity index (χ0) is 14.7. The molecule has 1 fully saturated rings. The molecule has 0 aliphatic carbocycles. The van der Waals surface area contributed by atoms with Crippen molar-refractivity contribution >= 4 is 27.5 Å². The number of carbonyl (C=O) groups is 1. The average Bonchev–Trinajstić information content (AvgIpc) is 2.46. The average molecular weight is 341 g/mol. The maximum Gasteiger partial charge on any atom is 0.242 e. The molecule has 2 atom stereocenters. The van der Waals surface area contributed by atoms with E-state index >= 15 is 0 Å². The molecule has 1 unspecified atom stereocenters. The molecule has 110 valence electrons. The van der Waals surface area contributed by atoms with Crippen molar-refractivity contribution in [3.8, 4) is 0 Å². The number of aliphatic hydroxyl groups is 1. The smallest absolute Gasteiger partial charge is 0.242 e. The van der Waals surface area contributed by atoms with E-state index in [9.17, 15) is 9.90 Å². The van der Waals surface area contributed by atoms with Crippen LogP contribution in [-0.4, -0.2) is 30.6 Å². The predicted molar refractivity (Wildman–Crippen MR) is 83.8 cm³/mol. The Kier molecular flexibility index (Phi) is 5.05. The van der Waals surface area contributed by atoms with Gasteiger partial charge < -0.3 is 15.3 Å². The first-order valence-corrected chi connectivity index (χ1v) is 7.79. The number of aliphatic hydroxyl groups excluding tert-OH is 1. The van der Waals surface area contributed by atoms with E-state index < -0.39 is 6.10 Å². The van der Waals surface area contributed by atoms with Crippen molar-refractivity contribution in [3.63, 3.8) is 0 Å². The van der Waals surface area contributed by atoms with Gasteiger partial charge in [-0.2, -0.15) is 0 Å². The molecular formula is C15H21BrN2O2. The highest BCUT2D eigenvalue weighted by molar-refractivity contribution is 9.10. The summed E-state index contributed by atoms with van der Waals surface area (Å²) in [7, 11) is 1.68. The van der Waals surface area contributed by atoms with Gasteiger partial charge in [0.1, 0.15) is 6.04 Å². The van der Waals surface area contributed by atoms with Crippen LogP contribution in [0.4, 0.5) is 5.69 Å². The summed E-state index contributed by atoms with van der Waals surface area (Å²) in [4.78, 5) is 14.2. The monoisotopic (exact) mass is 340 g/mol. The maximum atomic E-state index is 12.0. The van der Waals surface area contributed by atoms with Crippen molar-refractivity contribution in [2.45, 2.75) is 38.3 Å². The lowest BCUT2D eigenvalue weighted by molar-refractivity contribution is -0.122. The van der Waals surface area contributed by atoms with E-state index in [1.807, 2.05) is 18.2 Å². The first-order valence-electron chi connectivity index (χ1n) is 7.00. The number of halogens is 1. The van der Waals surface area contributed by atoms with Crippen LogP contribution in [0.15, 0.2) is 22.7 Å². The number of hydrogen-bond acceptors (Lipinski definition) is 3. The van der Waals surface area contributed by atoms with Crippen LogP contribution < -0.4 is 10.2 Å². The van der Waals surface area contributed by atoms with Crippen molar-refractivity contribution in [2.24, 2.45) is 0 Å². The third-order valence-corrected chi connectivity index (χ3v) is 4.45. The van der Waals surface area contributed by atoms with Gasteiger partial charge in [-0.05, 0) is 59.8 Å². The van der Waals surface area contributed by atoms with Gasteiger partial charge in [0.25, 0.3) is 0 Å². The lowest BCUT2D eigenvalue weighted by atomic mass is 10.00. The number of piperidine rings is 1. The highest BCUT2D eigenvalue weighted by atomic mass is 79.9. The number of carbonyl (C=O) groups excluding carboxylic acids is 1. The summed E-state index contributed by atoms with van der Waals surface area (Å²) in [6.07, 6.45) is 2.57. The van der Waals surface area contributed by atoms with Crippen LogP contribution in [0.2, 0.25) is 0 Å². The zero-order valence-electron chi connectivity index (χ0n) is 11.9. The van der Waals surface area contributed by atoms with E-state index in [1.165, 1.54) is 0 Å². The summed E-state index contributed by atoms with van der Waals surface area (Å²) in [6.45, 7) is 2.63. The quantitative estimate of drug-likeness (QED) is 0.889. The molecular weight excluding hydrogens is 320 g/mol. The first kappa shape index (κ1) is 15.3. The fraction of sp³-hybridized carbons (Fsp3) is 0.533. The number of anilines is 1. The first-order chi connectivity index (χ1) is 9.54. The second-order valence-corrected chi connectivity index (χ2v) is 6.06. The maximum absolute atomic E-state index is 12.0. The molecule has 1 amide bonds. The summed E-state index contributed by atoms with van der Waals surface area (Å²) in [5, 5.41) is 12.4. The van der Waals surface area contributed by atoms with Gasteiger partial charge in [-0.3, -0.25) is 4.79 Å². The molecule has 4 nitrogen and oxygen atoms in total. The molecule has 0 saturated carbocycles. The Morgan fingerprint density at radius 1 is 1.50 bits per heavy atom. The van der Waals surface area contributed by atoms with Crippen molar-refractivity contribution in [3.05, 3.63) is 28.2 Å². The normalized spacial score (nSPS) is 20.6. The molecule has 5 heteroatoms. The lowest BCUT2D eigenvalue weighted by Gasteiger charge is -2.37. The van der Waals surface area contributed by atoms with Crippen LogP contribution in [0.5, 0.6) is 0 Å². The van der Waals surface area contributed by atoms with Crippen molar-refractivity contribution in [1.29, 1.82) is 0 Å². The molecule has 1 saturated heterocycles. The van der Waals surface area contributed by atoms with Crippen LogP contribution in [-0.2, 0) is 4.79 Å². The number of nitrogens with one attached hydrogen (secondary N) is 1. The summed E-state index contributed by atoms with van der Waals surface area (Å²) in [6, 6.07) is 5.71. The number of benzene rings is 1. The van der Waals surface area contributed by atoms with Crippen LogP contribution in [0, 0.1) is 0 Å². The molecule has 1 aromatic carbocycles. The molecule has 2 N–H and O–H groups in total. The standard InChI is InChI=1S/C15H21BrN2O2/c1-10(19)11-6-7-13(12(16)9-11)18-8-4-3-5-14(18)15(20)17-2/h6-7,9-10,14,19H,3-5,8H2,1-2H3,(H,17,20)/t10-,14?/m0/s1. The number of hydrogen-bond donors (Lipinski definition) is 2. The molecule has 0 radical (unpaired) electrons. The van der Waals surface area contributed by atoms with E-state index in [0.29, 0.717) is 0 Å². The van der Waals surface area contributed by atoms with E-state index in [0.717, 1.165) is 41.5 Å².